The number of sulfonamides is 1. The van der Waals surface area contributed by atoms with Crippen molar-refractivity contribution in [3.8, 4) is 0 Å². The third kappa shape index (κ3) is 4.10. The largest absolute Gasteiger partial charge is 0.375 e. The Labute approximate surface area is 147 Å². The maximum absolute atomic E-state index is 12.6. The predicted octanol–water partition coefficient (Wildman–Crippen LogP) is 2.13. The van der Waals surface area contributed by atoms with E-state index in [1.807, 2.05) is 31.3 Å². The Morgan fingerprint density at radius 2 is 2.00 bits per heavy atom. The van der Waals surface area contributed by atoms with Crippen LogP contribution < -0.4 is 4.90 Å². The molecule has 1 unspecified atom stereocenters. The monoisotopic (exact) mass is 370 g/mol. The molecule has 24 heavy (non-hydrogen) atoms. The Hall–Kier alpha value is -1.55. The van der Waals surface area contributed by atoms with E-state index in [1.54, 1.807) is 19.2 Å². The van der Waals surface area contributed by atoms with Crippen LogP contribution in [0.1, 0.15) is 23.7 Å². The second kappa shape index (κ2) is 7.56. The fourth-order valence-corrected chi connectivity index (χ4v) is 3.90. The van der Waals surface area contributed by atoms with Crippen molar-refractivity contribution in [2.24, 2.45) is 0 Å². The number of methoxy groups -OCH3 is 1. The summed E-state index contributed by atoms with van der Waals surface area (Å²) in [5.41, 5.74) is 0.697. The first kappa shape index (κ1) is 18.8. The molecule has 7 nitrogen and oxygen atoms in total. The molecule has 0 spiro atoms. The molecule has 0 N–H and O–H groups in total. The number of pyridine rings is 1. The van der Waals surface area contributed by atoms with E-state index in [1.165, 1.54) is 28.9 Å². The van der Waals surface area contributed by atoms with Gasteiger partial charge in [-0.25, -0.2) is 18.4 Å². The molecule has 0 fully saturated rings. The lowest BCUT2D eigenvalue weighted by atomic mass is 10.4. The number of ether oxygens (including phenoxy) is 1. The summed E-state index contributed by atoms with van der Waals surface area (Å²) in [6.45, 7) is 2.10. The third-order valence-corrected chi connectivity index (χ3v) is 6.38. The summed E-state index contributed by atoms with van der Waals surface area (Å²) < 4.78 is 31.8. The first-order chi connectivity index (χ1) is 11.3. The van der Waals surface area contributed by atoms with Crippen molar-refractivity contribution in [1.82, 2.24) is 14.3 Å². The molecule has 9 heteroatoms. The van der Waals surface area contributed by atoms with Crippen molar-refractivity contribution in [3.05, 3.63) is 34.4 Å². The summed E-state index contributed by atoms with van der Waals surface area (Å²) in [6, 6.07) is 3.25. The SMILES string of the molecule is COC(C)c1nc(CN(C)S(=O)(=O)c2ccc(N(C)C)nc2)cs1. The van der Waals surface area contributed by atoms with Gasteiger partial charge in [0, 0.05) is 39.8 Å². The molecule has 0 bridgehead atoms. The van der Waals surface area contributed by atoms with Crippen LogP contribution in [-0.4, -0.2) is 50.9 Å². The van der Waals surface area contributed by atoms with E-state index in [9.17, 15) is 8.42 Å². The quantitative estimate of drug-likeness (QED) is 0.743. The van der Waals surface area contributed by atoms with Crippen molar-refractivity contribution >= 4 is 27.2 Å². The molecule has 0 aliphatic rings. The molecule has 0 aliphatic heterocycles. The maximum atomic E-state index is 12.6. The van der Waals surface area contributed by atoms with Gasteiger partial charge in [0.05, 0.1) is 12.2 Å². The van der Waals surface area contributed by atoms with Gasteiger partial charge in [0.2, 0.25) is 10.0 Å². The van der Waals surface area contributed by atoms with Crippen molar-refractivity contribution in [2.75, 3.05) is 33.2 Å². The topological polar surface area (TPSA) is 75.6 Å². The minimum absolute atomic E-state index is 0.103. The molecule has 0 amide bonds. The number of nitrogens with zero attached hydrogens (tertiary/aromatic N) is 4. The number of hydrogen-bond donors (Lipinski definition) is 0. The van der Waals surface area contributed by atoms with E-state index in [0.717, 1.165) is 5.01 Å². The highest BCUT2D eigenvalue weighted by molar-refractivity contribution is 7.89. The van der Waals surface area contributed by atoms with Crippen LogP contribution in [0.5, 0.6) is 0 Å². The molecule has 2 heterocycles. The second-order valence-corrected chi connectivity index (χ2v) is 8.50. The van der Waals surface area contributed by atoms with Gasteiger partial charge in [0.25, 0.3) is 0 Å². The summed E-state index contributed by atoms with van der Waals surface area (Å²) in [5, 5.41) is 2.68. The lowest BCUT2D eigenvalue weighted by molar-refractivity contribution is 0.119. The first-order valence-electron chi connectivity index (χ1n) is 7.32. The van der Waals surface area contributed by atoms with Crippen LogP contribution in [0.4, 0.5) is 5.82 Å². The van der Waals surface area contributed by atoms with E-state index >= 15 is 0 Å². The zero-order chi connectivity index (χ0) is 17.9. The number of thiazole rings is 1. The Bertz CT molecular complexity index is 772. The van der Waals surface area contributed by atoms with Crippen LogP contribution in [0.3, 0.4) is 0 Å². The van der Waals surface area contributed by atoms with E-state index in [-0.39, 0.29) is 17.5 Å². The van der Waals surface area contributed by atoms with Gasteiger partial charge < -0.3 is 9.64 Å². The maximum Gasteiger partial charge on any atom is 0.244 e. The van der Waals surface area contributed by atoms with Gasteiger partial charge in [0.1, 0.15) is 21.8 Å². The number of anilines is 1. The third-order valence-electron chi connectivity index (χ3n) is 3.54. The van der Waals surface area contributed by atoms with Gasteiger partial charge in [-0.05, 0) is 19.1 Å². The van der Waals surface area contributed by atoms with E-state index in [4.69, 9.17) is 4.74 Å². The summed E-state index contributed by atoms with van der Waals surface area (Å²) in [5.74, 6) is 0.703. The molecule has 0 saturated carbocycles. The van der Waals surface area contributed by atoms with Crippen LogP contribution in [0, 0.1) is 0 Å². The number of hydrogen-bond acceptors (Lipinski definition) is 7. The molecule has 0 aromatic carbocycles. The lowest BCUT2D eigenvalue weighted by Crippen LogP contribution is -2.27. The fourth-order valence-electron chi connectivity index (χ4n) is 1.97. The molecule has 132 valence electrons. The van der Waals surface area contributed by atoms with E-state index < -0.39 is 10.0 Å². The minimum atomic E-state index is -3.61. The summed E-state index contributed by atoms with van der Waals surface area (Å²) >= 11 is 1.46. The van der Waals surface area contributed by atoms with Gasteiger partial charge in [-0.2, -0.15) is 4.31 Å². The van der Waals surface area contributed by atoms with Gasteiger partial charge in [-0.15, -0.1) is 11.3 Å². The van der Waals surface area contributed by atoms with Crippen molar-refractivity contribution < 1.29 is 13.2 Å². The highest BCUT2D eigenvalue weighted by Gasteiger charge is 2.22. The summed E-state index contributed by atoms with van der Waals surface area (Å²) in [4.78, 5) is 10.6. The lowest BCUT2D eigenvalue weighted by Gasteiger charge is -2.17. The zero-order valence-electron chi connectivity index (χ0n) is 14.4. The van der Waals surface area contributed by atoms with Crippen molar-refractivity contribution in [2.45, 2.75) is 24.5 Å². The highest BCUT2D eigenvalue weighted by atomic mass is 32.2. The van der Waals surface area contributed by atoms with E-state index in [0.29, 0.717) is 11.5 Å². The Kier molecular flexibility index (Phi) is 5.92. The standard InChI is InChI=1S/C15H22N4O3S2/c1-11(22-5)15-17-12(10-23-15)9-19(4)24(20,21)13-6-7-14(16-8-13)18(2)3/h6-8,10-11H,9H2,1-5H3. The molecule has 2 aromatic rings. The molecule has 0 saturated heterocycles. The molecule has 2 aromatic heterocycles. The predicted molar refractivity (Wildman–Crippen MR) is 94.8 cm³/mol. The van der Waals surface area contributed by atoms with Gasteiger partial charge in [-0.1, -0.05) is 0 Å². The molecule has 0 radical (unpaired) electrons. The molecule has 2 rings (SSSR count). The first-order valence-corrected chi connectivity index (χ1v) is 9.64. The normalized spacial score (nSPS) is 13.2. The van der Waals surface area contributed by atoms with Crippen LogP contribution in [0.15, 0.2) is 28.6 Å². The molecule has 1 atom stereocenters. The van der Waals surface area contributed by atoms with Crippen LogP contribution >= 0.6 is 11.3 Å². The molecular weight excluding hydrogens is 348 g/mol. The average Bonchev–Trinajstić information content (AvgIpc) is 3.02. The smallest absolute Gasteiger partial charge is 0.244 e. The number of rotatable bonds is 7. The Morgan fingerprint density at radius 1 is 1.29 bits per heavy atom. The summed E-state index contributed by atoms with van der Waals surface area (Å²) in [7, 11) is 3.24. The van der Waals surface area contributed by atoms with Crippen LogP contribution in [0.25, 0.3) is 0 Å². The highest BCUT2D eigenvalue weighted by Crippen LogP contribution is 2.23. The van der Waals surface area contributed by atoms with Crippen LogP contribution in [-0.2, 0) is 21.3 Å². The molecule has 0 aliphatic carbocycles. The Morgan fingerprint density at radius 3 is 2.54 bits per heavy atom. The fraction of sp³-hybridized carbons (Fsp3) is 0.467. The average molecular weight is 371 g/mol. The minimum Gasteiger partial charge on any atom is -0.375 e. The Balaban J connectivity index is 2.15. The van der Waals surface area contributed by atoms with Crippen LogP contribution in [0.2, 0.25) is 0 Å². The van der Waals surface area contributed by atoms with Gasteiger partial charge in [-0.3, -0.25) is 0 Å². The van der Waals surface area contributed by atoms with Gasteiger partial charge >= 0.3 is 0 Å². The number of aromatic nitrogens is 2. The summed E-state index contributed by atoms with van der Waals surface area (Å²) in [6.07, 6.45) is 1.27. The van der Waals surface area contributed by atoms with Gasteiger partial charge in [0.15, 0.2) is 0 Å². The molecular formula is C15H22N4O3S2. The van der Waals surface area contributed by atoms with Crippen molar-refractivity contribution in [3.63, 3.8) is 0 Å². The van der Waals surface area contributed by atoms with E-state index in [2.05, 4.69) is 9.97 Å². The zero-order valence-corrected chi connectivity index (χ0v) is 16.1. The van der Waals surface area contributed by atoms with Crippen molar-refractivity contribution in [1.29, 1.82) is 0 Å². The second-order valence-electron chi connectivity index (χ2n) is 5.56.